The maximum Gasteiger partial charge on any atom is 0.410 e. The molecule has 2 amide bonds. The molecular weight excluding hydrogens is 617 g/mol. The Morgan fingerprint density at radius 1 is 1.06 bits per heavy atom. The Labute approximate surface area is 280 Å². The number of likely N-dealkylation sites (tertiary alicyclic amines) is 1. The van der Waals surface area contributed by atoms with Crippen LogP contribution in [-0.4, -0.2) is 95.5 Å². The first-order chi connectivity index (χ1) is 22.5. The summed E-state index contributed by atoms with van der Waals surface area (Å²) in [5, 5.41) is 9.24. The molecule has 0 aliphatic carbocycles. The zero-order valence-corrected chi connectivity index (χ0v) is 26.8. The van der Waals surface area contributed by atoms with E-state index in [0.717, 1.165) is 21.5 Å². The highest BCUT2D eigenvalue weighted by molar-refractivity contribution is 6.60. The van der Waals surface area contributed by atoms with E-state index in [1.165, 1.54) is 29.2 Å². The van der Waals surface area contributed by atoms with E-state index in [0.29, 0.717) is 43.0 Å². The Bertz CT molecular complexity index is 1860. The number of nitrogens with zero attached hydrogens (tertiary/aromatic N) is 5. The van der Waals surface area contributed by atoms with Crippen molar-refractivity contribution in [3.8, 4) is 16.9 Å². The van der Waals surface area contributed by atoms with Gasteiger partial charge >= 0.3 is 12.7 Å². The van der Waals surface area contributed by atoms with E-state index in [1.807, 2.05) is 28.8 Å². The van der Waals surface area contributed by atoms with E-state index in [4.69, 9.17) is 33.3 Å². The van der Waals surface area contributed by atoms with Gasteiger partial charge in [-0.2, -0.15) is 8.78 Å². The zero-order valence-electron chi connectivity index (χ0n) is 26.8. The van der Waals surface area contributed by atoms with E-state index in [-0.39, 0.29) is 17.9 Å². The number of hydrogen-bond donors (Lipinski definition) is 1. The normalized spacial score (nSPS) is 19.5. The lowest BCUT2D eigenvalue weighted by atomic mass is 9.48. The molecule has 2 atom stereocenters. The maximum atomic E-state index is 13.7. The Morgan fingerprint density at radius 2 is 1.81 bits per heavy atom. The van der Waals surface area contributed by atoms with Crippen molar-refractivity contribution >= 4 is 46.6 Å². The van der Waals surface area contributed by atoms with Gasteiger partial charge in [0.25, 0.3) is 5.91 Å². The van der Waals surface area contributed by atoms with Crippen molar-refractivity contribution in [2.45, 2.75) is 69.3 Å². The minimum Gasteiger partial charge on any atom is -0.444 e. The predicted molar refractivity (Wildman–Crippen MR) is 176 cm³/mol. The van der Waals surface area contributed by atoms with E-state index < -0.39 is 41.1 Å². The highest BCUT2D eigenvalue weighted by Gasteiger charge is 2.42. The van der Waals surface area contributed by atoms with Gasteiger partial charge in [0.05, 0.1) is 52.9 Å². The summed E-state index contributed by atoms with van der Waals surface area (Å²) in [6.07, 6.45) is 1.93. The molecule has 2 aliphatic rings. The molecule has 2 aromatic heterocycles. The number of carbonyl (C=O) groups is 2. The molecule has 6 rings (SSSR count). The number of alkyl halides is 2. The molecule has 1 unspecified atom stereocenters. The number of carbonyl (C=O) groups excluding carboxylic acids is 2. The standard InChI is InChI=1S/C33H32B3F2N5O5/c1-31(2,3)48-30(45)41-14-12-32(46,18-41)26-10-8-21(17-39-26)19-7-9-23-25(16-19)42-13-11-24(27(42)40-23)43(33(34,35)36)28(44)20-5-4-6-22(15-20)47-29(37)38/h4-10,15-17,24,29,46H,11-14,18H2,1-3H3/t24-,32?/m1/s1. The number of benzene rings is 2. The average molecular weight is 649 g/mol. The second-order valence-electron chi connectivity index (χ2n) is 13.2. The first-order valence-electron chi connectivity index (χ1n) is 15.4. The Hall–Kier alpha value is -4.39. The summed E-state index contributed by atoms with van der Waals surface area (Å²) >= 11 is 0. The summed E-state index contributed by atoms with van der Waals surface area (Å²) in [7, 11) is 18.3. The number of fused-ring (bicyclic) bond motifs is 3. The number of pyridine rings is 1. The van der Waals surface area contributed by atoms with Crippen LogP contribution >= 0.6 is 0 Å². The summed E-state index contributed by atoms with van der Waals surface area (Å²) in [5.41, 5.74) is 1.64. The number of aryl methyl sites for hydroxylation is 1. The third kappa shape index (κ3) is 6.65. The molecule has 1 fully saturated rings. The number of halogens is 2. The quantitative estimate of drug-likeness (QED) is 0.299. The highest BCUT2D eigenvalue weighted by atomic mass is 19.3. The number of rotatable bonds is 7. The first-order valence-corrected chi connectivity index (χ1v) is 15.4. The lowest BCUT2D eigenvalue weighted by molar-refractivity contribution is -0.0499. The fourth-order valence-corrected chi connectivity index (χ4v) is 6.29. The van der Waals surface area contributed by atoms with Crippen molar-refractivity contribution in [3.63, 3.8) is 0 Å². The summed E-state index contributed by atoms with van der Waals surface area (Å²) < 4.78 is 37.5. The van der Waals surface area contributed by atoms with Crippen LogP contribution in [0.4, 0.5) is 13.6 Å². The molecule has 1 saturated heterocycles. The number of ether oxygens (including phenoxy) is 2. The van der Waals surface area contributed by atoms with Gasteiger partial charge in [-0.05, 0) is 69.2 Å². The fourth-order valence-electron chi connectivity index (χ4n) is 6.29. The van der Waals surface area contributed by atoms with Crippen molar-refractivity contribution < 1.29 is 33.0 Å². The second-order valence-corrected chi connectivity index (χ2v) is 13.2. The van der Waals surface area contributed by atoms with Gasteiger partial charge in [-0.25, -0.2) is 9.78 Å². The molecule has 2 aliphatic heterocycles. The topological polar surface area (TPSA) is 110 Å². The minimum atomic E-state index is -3.06. The summed E-state index contributed by atoms with van der Waals surface area (Å²) in [4.78, 5) is 38.2. The zero-order chi connectivity index (χ0) is 34.6. The van der Waals surface area contributed by atoms with E-state index in [9.17, 15) is 23.5 Å². The van der Waals surface area contributed by atoms with E-state index in [1.54, 1.807) is 33.0 Å². The third-order valence-corrected chi connectivity index (χ3v) is 8.43. The molecule has 15 heteroatoms. The lowest BCUT2D eigenvalue weighted by Gasteiger charge is -2.41. The monoisotopic (exact) mass is 649 g/mol. The molecule has 242 valence electrons. The van der Waals surface area contributed by atoms with Crippen molar-refractivity contribution in [1.82, 2.24) is 24.3 Å². The number of hydrogen-bond acceptors (Lipinski definition) is 7. The summed E-state index contributed by atoms with van der Waals surface area (Å²) in [5.74, 6) is -0.341. The van der Waals surface area contributed by atoms with Gasteiger partial charge in [0.15, 0.2) is 0 Å². The van der Waals surface area contributed by atoms with Crippen LogP contribution in [0.1, 0.15) is 61.5 Å². The molecule has 4 heterocycles. The van der Waals surface area contributed by atoms with Gasteiger partial charge in [0.1, 0.15) is 22.8 Å². The van der Waals surface area contributed by atoms with Gasteiger partial charge in [-0.1, -0.05) is 23.4 Å². The molecule has 1 N–H and O–H groups in total. The van der Waals surface area contributed by atoms with Crippen LogP contribution < -0.4 is 4.74 Å². The number of β-amino-alcohol motifs (C(OH)–C–C–N with tert-alkyl or cyclic N) is 1. The molecular formula is C33H32B3F2N5O5. The lowest BCUT2D eigenvalue weighted by Crippen LogP contribution is -2.55. The van der Waals surface area contributed by atoms with E-state index >= 15 is 0 Å². The Kier molecular flexibility index (Phi) is 8.55. The van der Waals surface area contributed by atoms with Crippen LogP contribution in [0, 0.1) is 0 Å². The molecule has 6 radical (unpaired) electrons. The van der Waals surface area contributed by atoms with Gasteiger partial charge in [0.2, 0.25) is 0 Å². The third-order valence-electron chi connectivity index (χ3n) is 8.43. The minimum absolute atomic E-state index is 0.0199. The van der Waals surface area contributed by atoms with Crippen LogP contribution in [0.5, 0.6) is 5.75 Å². The van der Waals surface area contributed by atoms with Crippen LogP contribution in [0.2, 0.25) is 0 Å². The van der Waals surface area contributed by atoms with E-state index in [2.05, 4.69) is 9.72 Å². The largest absolute Gasteiger partial charge is 0.444 e. The van der Waals surface area contributed by atoms with Crippen molar-refractivity contribution in [2.24, 2.45) is 0 Å². The van der Waals surface area contributed by atoms with Gasteiger partial charge in [-0.15, -0.1) is 0 Å². The summed E-state index contributed by atoms with van der Waals surface area (Å²) in [6, 6.07) is 13.9. The smallest absolute Gasteiger partial charge is 0.410 e. The highest BCUT2D eigenvalue weighted by Crippen LogP contribution is 2.39. The Balaban J connectivity index is 1.24. The fraction of sp³-hybridized carbons (Fsp3) is 0.394. The maximum absolute atomic E-state index is 13.7. The van der Waals surface area contributed by atoms with Crippen molar-refractivity contribution in [1.29, 1.82) is 0 Å². The van der Waals surface area contributed by atoms with Gasteiger partial charge in [0, 0.05) is 36.8 Å². The molecule has 2 aromatic carbocycles. The van der Waals surface area contributed by atoms with Crippen molar-refractivity contribution in [3.05, 3.63) is 77.9 Å². The van der Waals surface area contributed by atoms with Gasteiger partial charge < -0.3 is 28.9 Å². The second kappa shape index (κ2) is 12.3. The molecule has 0 bridgehead atoms. The molecule has 48 heavy (non-hydrogen) atoms. The van der Waals surface area contributed by atoms with Crippen LogP contribution in [-0.2, 0) is 16.9 Å². The molecule has 4 aromatic rings. The number of imidazole rings is 1. The predicted octanol–water partition coefficient (Wildman–Crippen LogP) is 4.23. The molecule has 0 saturated carbocycles. The van der Waals surface area contributed by atoms with Gasteiger partial charge in [-0.3, -0.25) is 9.78 Å². The van der Waals surface area contributed by atoms with Crippen LogP contribution in [0.3, 0.4) is 0 Å². The number of amides is 2. The molecule has 0 spiro atoms. The van der Waals surface area contributed by atoms with Crippen molar-refractivity contribution in [2.75, 3.05) is 13.1 Å². The molecule has 10 nitrogen and oxygen atoms in total. The summed E-state index contributed by atoms with van der Waals surface area (Å²) in [6.45, 7) is 3.22. The first kappa shape index (κ1) is 33.5. The SMILES string of the molecule is [B]C([B])([B])N(C(=O)c1cccc(OC(F)F)c1)[C@@H]1CCn2c1nc1ccc(-c3ccc(C4(O)CCN(C(=O)OC(C)(C)C)C4)nc3)cc12. The number of aliphatic hydroxyl groups is 1. The number of aromatic nitrogens is 3. The Morgan fingerprint density at radius 3 is 2.48 bits per heavy atom. The van der Waals surface area contributed by atoms with Crippen LogP contribution in [0.25, 0.3) is 22.2 Å². The van der Waals surface area contributed by atoms with Crippen LogP contribution in [0.15, 0.2) is 60.8 Å². The average Bonchev–Trinajstić information content (AvgIpc) is 3.70.